The van der Waals surface area contributed by atoms with Gasteiger partial charge in [0.15, 0.2) is 0 Å². The Hall–Kier alpha value is -3.64. The van der Waals surface area contributed by atoms with E-state index in [-0.39, 0.29) is 0 Å². The molecular formula is C48H44N6S8Si. The van der Waals surface area contributed by atoms with Crippen LogP contribution in [-0.4, -0.2) is 35.5 Å². The SMILES string of the molecule is CCCCCCc1ccc(-c2ccc(-c3cnc(-c4cc5c(s4)-c4sc(-c6ncc(-c7ccc(-c8ccc(CCCCCC)s8)s7)c7nsnc67)cc4[Si]5(C)C)c4nsnc34)s2)s1. The quantitative estimate of drug-likeness (QED) is 0.0709. The number of pyridine rings is 2. The summed E-state index contributed by atoms with van der Waals surface area (Å²) in [4.78, 5) is 26.0. The molecule has 0 bridgehead atoms. The van der Waals surface area contributed by atoms with Crippen molar-refractivity contribution in [3.05, 3.63) is 82.8 Å². The fraction of sp³-hybridized carbons (Fsp3) is 0.292. The standard InChI is InChI=1S/C48H44N6S8Si/c1-5-7-9-11-13-27-15-17-33(55-27)35-21-19-31(57-35)29-25-49-43(45-41(29)51-61-53-45)37-23-39-47(59-37)48-40(63(39,3)4)24-38(60-48)44-46-42(52-62-54-46)30(26-50-44)32-20-22-36(58-32)34-18-16-28(56-34)14-12-10-8-6-2/h15-26H,5-14H2,1-4H3. The number of rotatable bonds is 16. The number of thiophene rings is 6. The first-order chi connectivity index (χ1) is 30.9. The maximum absolute atomic E-state index is 5.15. The minimum absolute atomic E-state index is 0.892. The van der Waals surface area contributed by atoms with Crippen LogP contribution in [0, 0.1) is 0 Å². The molecule has 0 amide bonds. The van der Waals surface area contributed by atoms with Crippen molar-refractivity contribution in [1.29, 1.82) is 0 Å². The molecule has 15 heteroatoms. The van der Waals surface area contributed by atoms with Crippen LogP contribution >= 0.6 is 91.5 Å². The van der Waals surface area contributed by atoms with Gasteiger partial charge in [0.25, 0.3) is 0 Å². The van der Waals surface area contributed by atoms with Crippen molar-refractivity contribution in [3.8, 4) is 71.3 Å². The molecule has 0 atom stereocenters. The van der Waals surface area contributed by atoms with Crippen molar-refractivity contribution >= 4 is 132 Å². The zero-order chi connectivity index (χ0) is 42.7. The number of fused-ring (bicyclic) bond motifs is 5. The van der Waals surface area contributed by atoms with Crippen LogP contribution in [0.1, 0.15) is 75.0 Å². The van der Waals surface area contributed by atoms with E-state index in [0.717, 1.165) is 54.3 Å². The van der Waals surface area contributed by atoms with Gasteiger partial charge in [-0.15, -0.1) is 68.0 Å². The zero-order valence-electron chi connectivity index (χ0n) is 35.4. The maximum atomic E-state index is 5.15. The van der Waals surface area contributed by atoms with E-state index in [1.165, 1.54) is 147 Å². The van der Waals surface area contributed by atoms with E-state index in [9.17, 15) is 0 Å². The average Bonchev–Trinajstić information content (AvgIpc) is 4.14. The molecule has 0 spiro atoms. The molecule has 11 rings (SSSR count). The molecule has 63 heavy (non-hydrogen) atoms. The van der Waals surface area contributed by atoms with Gasteiger partial charge in [-0.25, -0.2) is 0 Å². The second-order valence-corrected chi connectivity index (χ2v) is 28.8. The first-order valence-corrected chi connectivity index (χ1v) is 31.1. The number of hydrogen-bond donors (Lipinski definition) is 0. The third-order valence-electron chi connectivity index (χ3n) is 12.2. The van der Waals surface area contributed by atoms with Crippen molar-refractivity contribution in [2.45, 2.75) is 91.1 Å². The van der Waals surface area contributed by atoms with Gasteiger partial charge in [-0.2, -0.15) is 17.5 Å². The minimum atomic E-state index is -2.01. The van der Waals surface area contributed by atoms with E-state index in [4.69, 9.17) is 27.5 Å². The molecule has 1 aliphatic rings. The van der Waals surface area contributed by atoms with E-state index >= 15 is 0 Å². The van der Waals surface area contributed by atoms with Crippen molar-refractivity contribution in [1.82, 2.24) is 27.5 Å². The van der Waals surface area contributed by atoms with Crippen molar-refractivity contribution in [3.63, 3.8) is 0 Å². The van der Waals surface area contributed by atoms with Crippen LogP contribution in [0.4, 0.5) is 0 Å². The van der Waals surface area contributed by atoms with Gasteiger partial charge in [0.2, 0.25) is 0 Å². The number of nitrogens with zero attached hydrogens (tertiary/aromatic N) is 6. The van der Waals surface area contributed by atoms with Gasteiger partial charge in [0.1, 0.15) is 41.5 Å². The van der Waals surface area contributed by atoms with Crippen molar-refractivity contribution in [2.75, 3.05) is 0 Å². The summed E-state index contributed by atoms with van der Waals surface area (Å²) in [6.45, 7) is 9.50. The Morgan fingerprint density at radius 3 is 1.30 bits per heavy atom. The normalized spacial score (nSPS) is 13.2. The Morgan fingerprint density at radius 2 is 0.841 bits per heavy atom. The van der Waals surface area contributed by atoms with Crippen LogP contribution in [0.15, 0.2) is 73.1 Å². The lowest BCUT2D eigenvalue weighted by Crippen LogP contribution is -2.48. The summed E-state index contributed by atoms with van der Waals surface area (Å²) in [6, 6.07) is 23.0. The third-order valence-corrected chi connectivity index (χ3v) is 24.4. The zero-order valence-corrected chi connectivity index (χ0v) is 43.0. The molecule has 1 aliphatic heterocycles. The second-order valence-electron chi connectivity index (χ2n) is 16.8. The molecule has 0 saturated heterocycles. The Labute approximate surface area is 401 Å². The Bertz CT molecular complexity index is 3030. The summed E-state index contributed by atoms with van der Waals surface area (Å²) in [6.07, 6.45) is 16.8. The van der Waals surface area contributed by atoms with Gasteiger partial charge < -0.3 is 0 Å². The number of unbranched alkanes of at least 4 members (excludes halogenated alkanes) is 6. The first-order valence-electron chi connectivity index (χ1n) is 21.8. The topological polar surface area (TPSA) is 77.3 Å². The highest BCUT2D eigenvalue weighted by Crippen LogP contribution is 2.48. The monoisotopic (exact) mass is 988 g/mol. The van der Waals surface area contributed by atoms with Crippen LogP contribution in [0.2, 0.25) is 13.1 Å². The lowest BCUT2D eigenvalue weighted by molar-refractivity contribution is 0.670. The Morgan fingerprint density at radius 1 is 0.429 bits per heavy atom. The van der Waals surface area contributed by atoms with Crippen LogP contribution in [0.5, 0.6) is 0 Å². The molecular weight excluding hydrogens is 945 g/mol. The summed E-state index contributed by atoms with van der Waals surface area (Å²) in [5.74, 6) is 0. The number of aromatic nitrogens is 6. The molecule has 10 aromatic heterocycles. The molecule has 318 valence electrons. The lowest BCUT2D eigenvalue weighted by atomic mass is 10.1. The fourth-order valence-electron chi connectivity index (χ4n) is 8.66. The molecule has 0 unspecified atom stereocenters. The molecule has 11 heterocycles. The smallest absolute Gasteiger partial charge is 0.132 e. The summed E-state index contributed by atoms with van der Waals surface area (Å²) < 4.78 is 19.4. The van der Waals surface area contributed by atoms with Crippen LogP contribution in [0.25, 0.3) is 93.4 Å². The average molecular weight is 990 g/mol. The van der Waals surface area contributed by atoms with Gasteiger partial charge in [-0.05, 0) is 96.7 Å². The van der Waals surface area contributed by atoms with Crippen LogP contribution in [0.3, 0.4) is 0 Å². The lowest BCUT2D eigenvalue weighted by Gasteiger charge is -2.16. The van der Waals surface area contributed by atoms with E-state index in [1.807, 2.05) is 80.4 Å². The largest absolute Gasteiger partial charge is 0.252 e. The van der Waals surface area contributed by atoms with Gasteiger partial charge in [0, 0.05) is 72.3 Å². The fourth-order valence-corrected chi connectivity index (χ4v) is 21.3. The van der Waals surface area contributed by atoms with Gasteiger partial charge in [-0.3, -0.25) is 9.97 Å². The molecule has 0 aliphatic carbocycles. The van der Waals surface area contributed by atoms with Gasteiger partial charge in [-0.1, -0.05) is 65.5 Å². The number of aryl methyl sites for hydroxylation is 2. The number of hydrogen-bond acceptors (Lipinski definition) is 14. The van der Waals surface area contributed by atoms with Gasteiger partial charge in [0.05, 0.1) is 33.2 Å². The molecule has 10 aromatic rings. The Kier molecular flexibility index (Phi) is 11.8. The van der Waals surface area contributed by atoms with E-state index in [0.29, 0.717) is 0 Å². The van der Waals surface area contributed by atoms with E-state index in [1.54, 1.807) is 0 Å². The first kappa shape index (κ1) is 42.0. The van der Waals surface area contributed by atoms with Crippen molar-refractivity contribution in [2.24, 2.45) is 0 Å². The molecule has 0 radical (unpaired) electrons. The van der Waals surface area contributed by atoms with E-state index in [2.05, 4.69) is 87.6 Å². The van der Waals surface area contributed by atoms with Crippen LogP contribution in [-0.2, 0) is 12.8 Å². The third kappa shape index (κ3) is 7.78. The predicted molar refractivity (Wildman–Crippen MR) is 282 cm³/mol. The highest BCUT2D eigenvalue weighted by molar-refractivity contribution is 7.31. The Balaban J connectivity index is 0.857. The second kappa shape index (κ2) is 17.6. The highest BCUT2D eigenvalue weighted by atomic mass is 32.1. The molecule has 0 fully saturated rings. The molecule has 0 aromatic carbocycles. The molecule has 0 N–H and O–H groups in total. The van der Waals surface area contributed by atoms with Crippen LogP contribution < -0.4 is 10.4 Å². The van der Waals surface area contributed by atoms with E-state index < -0.39 is 8.07 Å². The minimum Gasteiger partial charge on any atom is -0.252 e. The molecule has 6 nitrogen and oxygen atoms in total. The van der Waals surface area contributed by atoms with Gasteiger partial charge >= 0.3 is 0 Å². The summed E-state index contributed by atoms with van der Waals surface area (Å²) in [7, 11) is -2.01. The summed E-state index contributed by atoms with van der Waals surface area (Å²) >= 11 is 13.8. The summed E-state index contributed by atoms with van der Waals surface area (Å²) in [5.41, 5.74) is 7.64. The maximum Gasteiger partial charge on any atom is 0.132 e. The predicted octanol–water partition coefficient (Wildman–Crippen LogP) is 15.9. The van der Waals surface area contributed by atoms with Crippen molar-refractivity contribution < 1.29 is 0 Å². The summed E-state index contributed by atoms with van der Waals surface area (Å²) in [5, 5.41) is 2.96. The molecule has 0 saturated carbocycles. The highest BCUT2D eigenvalue weighted by Gasteiger charge is 2.42.